The average molecular weight is 342 g/mol. The monoisotopic (exact) mass is 341 g/mol. The fourth-order valence-corrected chi connectivity index (χ4v) is 4.10. The summed E-state index contributed by atoms with van der Waals surface area (Å²) in [5.41, 5.74) is 1.65. The minimum atomic E-state index is -0.247. The first-order valence-electron chi connectivity index (χ1n) is 6.72. The minimum absolute atomic E-state index is 0.190. The normalized spacial score (nSPS) is 16.8. The standard InChI is InChI=1S/C15H13Cl2NO2S/c1-2-20-15(19)9-6-7-11-13(9)18-14(21-11)8-4-3-5-10(16)12(8)17/h3-5,9H,2,6-7H2,1H3. The average Bonchev–Trinajstić information content (AvgIpc) is 3.01. The van der Waals surface area contributed by atoms with E-state index in [4.69, 9.17) is 27.9 Å². The van der Waals surface area contributed by atoms with Gasteiger partial charge in [-0.1, -0.05) is 35.3 Å². The summed E-state index contributed by atoms with van der Waals surface area (Å²) in [6, 6.07) is 5.48. The Hall–Kier alpha value is -1.10. The SMILES string of the molecule is CCOC(=O)C1CCc2sc(-c3cccc(Cl)c3Cl)nc21. The van der Waals surface area contributed by atoms with Crippen LogP contribution in [-0.4, -0.2) is 17.6 Å². The number of nitrogens with zero attached hydrogens (tertiary/aromatic N) is 1. The minimum Gasteiger partial charge on any atom is -0.465 e. The Morgan fingerprint density at radius 1 is 1.48 bits per heavy atom. The second kappa shape index (κ2) is 5.95. The first-order chi connectivity index (χ1) is 10.1. The fraction of sp³-hybridized carbons (Fsp3) is 0.333. The Morgan fingerprint density at radius 3 is 3.05 bits per heavy atom. The molecule has 0 saturated carbocycles. The molecule has 0 amide bonds. The van der Waals surface area contributed by atoms with Gasteiger partial charge in [0, 0.05) is 10.4 Å². The van der Waals surface area contributed by atoms with E-state index in [1.165, 1.54) is 0 Å². The molecule has 3 rings (SSSR count). The molecule has 0 fully saturated rings. The predicted molar refractivity (Wildman–Crippen MR) is 85.3 cm³/mol. The lowest BCUT2D eigenvalue weighted by molar-refractivity contribution is -0.145. The molecule has 1 heterocycles. The number of esters is 1. The van der Waals surface area contributed by atoms with E-state index in [0.29, 0.717) is 16.7 Å². The second-order valence-electron chi connectivity index (χ2n) is 4.77. The number of benzene rings is 1. The fourth-order valence-electron chi connectivity index (χ4n) is 2.48. The highest BCUT2D eigenvalue weighted by molar-refractivity contribution is 7.15. The van der Waals surface area contributed by atoms with E-state index in [2.05, 4.69) is 4.98 Å². The highest BCUT2D eigenvalue weighted by Gasteiger charge is 2.33. The van der Waals surface area contributed by atoms with Gasteiger partial charge < -0.3 is 4.74 Å². The summed E-state index contributed by atoms with van der Waals surface area (Å²) in [4.78, 5) is 17.7. The van der Waals surface area contributed by atoms with E-state index in [1.54, 1.807) is 17.4 Å². The molecule has 2 aromatic rings. The third-order valence-corrected chi connectivity index (χ3v) is 5.45. The molecule has 21 heavy (non-hydrogen) atoms. The van der Waals surface area contributed by atoms with Gasteiger partial charge >= 0.3 is 5.97 Å². The van der Waals surface area contributed by atoms with Crippen LogP contribution in [0.15, 0.2) is 18.2 Å². The molecule has 1 aliphatic carbocycles. The summed E-state index contributed by atoms with van der Waals surface area (Å²) in [5, 5.41) is 1.81. The summed E-state index contributed by atoms with van der Waals surface area (Å²) in [7, 11) is 0. The molecule has 0 radical (unpaired) electrons. The van der Waals surface area contributed by atoms with Crippen LogP contribution in [0.25, 0.3) is 10.6 Å². The van der Waals surface area contributed by atoms with Gasteiger partial charge in [-0.05, 0) is 25.8 Å². The van der Waals surface area contributed by atoms with Gasteiger partial charge in [-0.15, -0.1) is 11.3 Å². The van der Waals surface area contributed by atoms with Gasteiger partial charge in [0.25, 0.3) is 0 Å². The quantitative estimate of drug-likeness (QED) is 0.759. The Balaban J connectivity index is 1.97. The maximum Gasteiger partial charge on any atom is 0.315 e. The predicted octanol–water partition coefficient (Wildman–Crippen LogP) is 4.71. The summed E-state index contributed by atoms with van der Waals surface area (Å²) >= 11 is 13.9. The van der Waals surface area contributed by atoms with Gasteiger partial charge in [-0.25, -0.2) is 4.98 Å². The number of hydrogen-bond donors (Lipinski definition) is 0. The van der Waals surface area contributed by atoms with Crippen molar-refractivity contribution in [2.45, 2.75) is 25.7 Å². The molecular formula is C15H13Cl2NO2S. The van der Waals surface area contributed by atoms with Crippen LogP contribution in [0, 0.1) is 0 Å². The third-order valence-electron chi connectivity index (χ3n) is 3.47. The number of ether oxygens (including phenoxy) is 1. The molecule has 3 nitrogen and oxygen atoms in total. The molecule has 0 N–H and O–H groups in total. The van der Waals surface area contributed by atoms with Crippen LogP contribution in [0.4, 0.5) is 0 Å². The van der Waals surface area contributed by atoms with Crippen molar-refractivity contribution in [1.29, 1.82) is 0 Å². The summed E-state index contributed by atoms with van der Waals surface area (Å²) < 4.78 is 5.12. The van der Waals surface area contributed by atoms with Gasteiger partial charge in [0.2, 0.25) is 0 Å². The number of hydrogen-bond acceptors (Lipinski definition) is 4. The zero-order chi connectivity index (χ0) is 15.0. The van der Waals surface area contributed by atoms with E-state index >= 15 is 0 Å². The molecule has 0 saturated heterocycles. The molecule has 1 unspecified atom stereocenters. The summed E-state index contributed by atoms with van der Waals surface area (Å²) in [6.45, 7) is 2.20. The highest BCUT2D eigenvalue weighted by atomic mass is 35.5. The number of carbonyl (C=O) groups excluding carboxylic acids is 1. The molecule has 110 valence electrons. The van der Waals surface area contributed by atoms with Crippen molar-refractivity contribution in [3.63, 3.8) is 0 Å². The number of fused-ring (bicyclic) bond motifs is 1. The Labute approximate surface area is 136 Å². The molecular weight excluding hydrogens is 329 g/mol. The molecule has 6 heteroatoms. The van der Waals surface area contributed by atoms with E-state index in [0.717, 1.165) is 34.0 Å². The number of aryl methyl sites for hydroxylation is 1. The molecule has 1 atom stereocenters. The Bertz CT molecular complexity index is 699. The van der Waals surface area contributed by atoms with E-state index in [1.807, 2.05) is 19.1 Å². The highest BCUT2D eigenvalue weighted by Crippen LogP contribution is 2.42. The van der Waals surface area contributed by atoms with Gasteiger partial charge in [0.05, 0.1) is 22.3 Å². The molecule has 1 aromatic heterocycles. The lowest BCUT2D eigenvalue weighted by atomic mass is 10.1. The van der Waals surface area contributed by atoms with Gasteiger partial charge in [0.1, 0.15) is 10.9 Å². The van der Waals surface area contributed by atoms with Crippen LogP contribution in [0.1, 0.15) is 29.8 Å². The summed E-state index contributed by atoms with van der Waals surface area (Å²) in [5.74, 6) is -0.437. The number of aromatic nitrogens is 1. The Kier molecular flexibility index (Phi) is 4.20. The van der Waals surface area contributed by atoms with E-state index < -0.39 is 0 Å². The third kappa shape index (κ3) is 2.68. The first kappa shape index (κ1) is 14.8. The van der Waals surface area contributed by atoms with E-state index in [9.17, 15) is 4.79 Å². The van der Waals surface area contributed by atoms with Crippen molar-refractivity contribution in [3.05, 3.63) is 38.8 Å². The lowest BCUT2D eigenvalue weighted by Crippen LogP contribution is -2.14. The number of rotatable bonds is 3. The van der Waals surface area contributed by atoms with E-state index in [-0.39, 0.29) is 11.9 Å². The second-order valence-corrected chi connectivity index (χ2v) is 6.64. The van der Waals surface area contributed by atoms with Crippen LogP contribution < -0.4 is 0 Å². The maximum atomic E-state index is 12.0. The van der Waals surface area contributed by atoms with Gasteiger partial charge in [-0.2, -0.15) is 0 Å². The maximum absolute atomic E-state index is 12.0. The van der Waals surface area contributed by atoms with Crippen LogP contribution in [-0.2, 0) is 16.0 Å². The summed E-state index contributed by atoms with van der Waals surface area (Å²) in [6.07, 6.45) is 1.63. The number of thiazole rings is 1. The van der Waals surface area contributed by atoms with Crippen molar-refractivity contribution in [2.75, 3.05) is 6.61 Å². The zero-order valence-corrected chi connectivity index (χ0v) is 13.7. The molecule has 1 aromatic carbocycles. The van der Waals surface area contributed by atoms with Crippen molar-refractivity contribution in [3.8, 4) is 10.6 Å². The lowest BCUT2D eigenvalue weighted by Gasteiger charge is -2.08. The van der Waals surface area contributed by atoms with Crippen molar-refractivity contribution < 1.29 is 9.53 Å². The molecule has 0 bridgehead atoms. The van der Waals surface area contributed by atoms with Crippen LogP contribution in [0.5, 0.6) is 0 Å². The number of halogens is 2. The van der Waals surface area contributed by atoms with Crippen molar-refractivity contribution in [1.82, 2.24) is 4.98 Å². The van der Waals surface area contributed by atoms with Gasteiger partial charge in [0.15, 0.2) is 0 Å². The van der Waals surface area contributed by atoms with Crippen LogP contribution in [0.2, 0.25) is 10.0 Å². The molecule has 0 spiro atoms. The number of carbonyl (C=O) groups is 1. The largest absolute Gasteiger partial charge is 0.465 e. The molecule has 0 aliphatic heterocycles. The van der Waals surface area contributed by atoms with Crippen LogP contribution >= 0.6 is 34.5 Å². The smallest absolute Gasteiger partial charge is 0.315 e. The molecule has 1 aliphatic rings. The first-order valence-corrected chi connectivity index (χ1v) is 8.29. The Morgan fingerprint density at radius 2 is 2.29 bits per heavy atom. The van der Waals surface area contributed by atoms with Crippen molar-refractivity contribution in [2.24, 2.45) is 0 Å². The van der Waals surface area contributed by atoms with Crippen molar-refractivity contribution >= 4 is 40.5 Å². The van der Waals surface area contributed by atoms with Crippen LogP contribution in [0.3, 0.4) is 0 Å². The topological polar surface area (TPSA) is 39.2 Å². The van der Waals surface area contributed by atoms with Gasteiger partial charge in [-0.3, -0.25) is 4.79 Å². The zero-order valence-electron chi connectivity index (χ0n) is 11.4.